The number of halogens is 1. The molecule has 1 amide bonds. The van der Waals surface area contributed by atoms with E-state index < -0.39 is 0 Å². The Hall–Kier alpha value is -1.37. The third kappa shape index (κ3) is 3.94. The minimum atomic E-state index is -0.366. The summed E-state index contributed by atoms with van der Waals surface area (Å²) in [7, 11) is 0. The molecule has 0 radical (unpaired) electrons. The lowest BCUT2D eigenvalue weighted by molar-refractivity contribution is -0.138. The Morgan fingerprint density at radius 3 is 2.67 bits per heavy atom. The molecule has 4 nitrogen and oxygen atoms in total. The molecule has 3 aliphatic rings. The Balaban J connectivity index is 1.80. The lowest BCUT2D eigenvalue weighted by Crippen LogP contribution is -2.27. The van der Waals surface area contributed by atoms with Gasteiger partial charge in [0.15, 0.2) is 0 Å². The minimum absolute atomic E-state index is 0.0169. The third-order valence-corrected chi connectivity index (χ3v) is 9.38. The zero-order valence-corrected chi connectivity index (χ0v) is 19.9. The summed E-state index contributed by atoms with van der Waals surface area (Å²) >= 11 is 10.3. The van der Waals surface area contributed by atoms with Gasteiger partial charge >= 0.3 is 5.97 Å². The number of benzene rings is 1. The summed E-state index contributed by atoms with van der Waals surface area (Å²) in [4.78, 5) is 27.7. The Kier molecular flexibility index (Phi) is 6.56. The van der Waals surface area contributed by atoms with Gasteiger partial charge in [-0.2, -0.15) is 0 Å². The van der Waals surface area contributed by atoms with Gasteiger partial charge in [0.1, 0.15) is 0 Å². The first-order chi connectivity index (χ1) is 14.4. The predicted octanol–water partition coefficient (Wildman–Crippen LogP) is 6.26. The van der Waals surface area contributed by atoms with Crippen LogP contribution in [-0.4, -0.2) is 29.5 Å². The van der Waals surface area contributed by atoms with Crippen LogP contribution in [0.15, 0.2) is 40.6 Å². The van der Waals surface area contributed by atoms with Crippen LogP contribution in [0.4, 0.5) is 5.69 Å². The number of anilines is 1. The molecular formula is C23H26ClNO3S2. The van der Waals surface area contributed by atoms with Gasteiger partial charge < -0.3 is 4.74 Å². The number of ether oxygens (including phenoxy) is 1. The number of hydrogen-bond donors (Lipinski definition) is 0. The van der Waals surface area contributed by atoms with E-state index in [0.29, 0.717) is 23.1 Å². The summed E-state index contributed by atoms with van der Waals surface area (Å²) in [5.41, 5.74) is 4.86. The van der Waals surface area contributed by atoms with Crippen molar-refractivity contribution in [1.29, 1.82) is 0 Å². The minimum Gasteiger partial charge on any atom is -0.463 e. The highest BCUT2D eigenvalue weighted by Crippen LogP contribution is 2.52. The first kappa shape index (κ1) is 21.8. The Morgan fingerprint density at radius 1 is 1.27 bits per heavy atom. The van der Waals surface area contributed by atoms with E-state index in [-0.39, 0.29) is 16.5 Å². The quantitative estimate of drug-likeness (QED) is 0.389. The van der Waals surface area contributed by atoms with Crippen LogP contribution in [0.25, 0.3) is 0 Å². The molecule has 160 valence electrons. The first-order valence-corrected chi connectivity index (χ1v) is 12.8. The number of carbonyl (C=O) groups is 2. The van der Waals surface area contributed by atoms with E-state index in [4.69, 9.17) is 16.3 Å². The molecule has 1 aromatic carbocycles. The van der Waals surface area contributed by atoms with Crippen molar-refractivity contribution in [3.63, 3.8) is 0 Å². The Bertz CT molecular complexity index is 956. The van der Waals surface area contributed by atoms with Crippen molar-refractivity contribution < 1.29 is 14.3 Å². The van der Waals surface area contributed by atoms with Gasteiger partial charge in [-0.15, -0.1) is 23.5 Å². The summed E-state index contributed by atoms with van der Waals surface area (Å²) in [6, 6.07) is 5.78. The summed E-state index contributed by atoms with van der Waals surface area (Å²) in [6.45, 7) is 6.09. The molecule has 7 heteroatoms. The lowest BCUT2D eigenvalue weighted by atomic mass is 9.91. The Labute approximate surface area is 191 Å². The van der Waals surface area contributed by atoms with Crippen molar-refractivity contribution >= 4 is 52.7 Å². The average molecular weight is 464 g/mol. The second-order valence-corrected chi connectivity index (χ2v) is 11.2. The molecule has 0 spiro atoms. The number of allylic oxidation sites excluding steroid dienone is 1. The molecule has 1 saturated heterocycles. The van der Waals surface area contributed by atoms with Gasteiger partial charge in [-0.25, -0.2) is 4.79 Å². The molecule has 2 atom stereocenters. The van der Waals surface area contributed by atoms with Gasteiger partial charge in [-0.3, -0.25) is 9.69 Å². The van der Waals surface area contributed by atoms with Gasteiger partial charge in [0.25, 0.3) is 5.91 Å². The molecule has 2 heterocycles. The van der Waals surface area contributed by atoms with E-state index in [1.54, 1.807) is 18.7 Å². The predicted molar refractivity (Wildman–Crippen MR) is 126 cm³/mol. The van der Waals surface area contributed by atoms with Crippen molar-refractivity contribution in [2.75, 3.05) is 17.3 Å². The van der Waals surface area contributed by atoms with Crippen LogP contribution in [-0.2, 0) is 14.3 Å². The molecule has 2 aliphatic heterocycles. The SMILES string of the molecule is CCOC(=O)/C(C)=C1/C2=C(CCCC2)C(=O)N1c1ccc(Cl)c(C2SCC(C)S2)c1. The standard InChI is InChI=1S/C23H26ClNO3S2/c1-4-28-22(27)14(3)20-16-7-5-6-8-17(16)21(26)25(20)15-9-10-19(24)18(11-15)23-29-12-13(2)30-23/h9-11,13,23H,4-8,12H2,1-3H3/b20-14-. The molecule has 0 saturated carbocycles. The van der Waals surface area contributed by atoms with Gasteiger partial charge in [-0.05, 0) is 68.9 Å². The molecule has 0 N–H and O–H groups in total. The topological polar surface area (TPSA) is 46.6 Å². The maximum absolute atomic E-state index is 13.4. The van der Waals surface area contributed by atoms with Crippen LogP contribution in [0.5, 0.6) is 0 Å². The van der Waals surface area contributed by atoms with Gasteiger partial charge in [0.05, 0.1) is 22.5 Å². The number of rotatable bonds is 4. The van der Waals surface area contributed by atoms with Crippen LogP contribution in [0.3, 0.4) is 0 Å². The van der Waals surface area contributed by atoms with Crippen LogP contribution in [0, 0.1) is 0 Å². The first-order valence-electron chi connectivity index (χ1n) is 10.4. The van der Waals surface area contributed by atoms with Crippen LogP contribution in [0.1, 0.15) is 56.6 Å². The van der Waals surface area contributed by atoms with Crippen molar-refractivity contribution in [1.82, 2.24) is 0 Å². The van der Waals surface area contributed by atoms with Crippen LogP contribution < -0.4 is 4.90 Å². The highest BCUT2D eigenvalue weighted by molar-refractivity contribution is 8.19. The van der Waals surface area contributed by atoms with Crippen LogP contribution in [0.2, 0.25) is 5.02 Å². The van der Waals surface area contributed by atoms with Crippen molar-refractivity contribution in [2.45, 2.75) is 56.3 Å². The lowest BCUT2D eigenvalue weighted by Gasteiger charge is -2.24. The average Bonchev–Trinajstić information content (AvgIpc) is 3.29. The van der Waals surface area contributed by atoms with Crippen molar-refractivity contribution in [2.24, 2.45) is 0 Å². The van der Waals surface area contributed by atoms with Gasteiger partial charge in [0.2, 0.25) is 0 Å². The summed E-state index contributed by atoms with van der Waals surface area (Å²) < 4.78 is 5.52. The van der Waals surface area contributed by atoms with E-state index in [9.17, 15) is 9.59 Å². The van der Waals surface area contributed by atoms with E-state index in [2.05, 4.69) is 6.92 Å². The molecule has 1 fully saturated rings. The van der Waals surface area contributed by atoms with E-state index in [1.165, 1.54) is 0 Å². The molecule has 0 bridgehead atoms. The normalized spacial score (nSPS) is 25.6. The van der Waals surface area contributed by atoms with Gasteiger partial charge in [0, 0.05) is 27.3 Å². The highest BCUT2D eigenvalue weighted by Gasteiger charge is 2.39. The van der Waals surface area contributed by atoms with Crippen LogP contribution >= 0.6 is 35.1 Å². The maximum atomic E-state index is 13.4. The number of nitrogens with zero attached hydrogens (tertiary/aromatic N) is 1. The Morgan fingerprint density at radius 2 is 2.00 bits per heavy atom. The zero-order chi connectivity index (χ0) is 21.4. The molecule has 30 heavy (non-hydrogen) atoms. The summed E-state index contributed by atoms with van der Waals surface area (Å²) in [5.74, 6) is 0.702. The highest BCUT2D eigenvalue weighted by atomic mass is 35.5. The molecule has 1 aromatic rings. The number of amides is 1. The number of carbonyl (C=O) groups excluding carboxylic acids is 2. The fraction of sp³-hybridized carbons (Fsp3) is 0.478. The fourth-order valence-electron chi connectivity index (χ4n) is 4.28. The fourth-order valence-corrected chi connectivity index (χ4v) is 7.89. The smallest absolute Gasteiger partial charge is 0.335 e. The number of esters is 1. The molecule has 4 rings (SSSR count). The van der Waals surface area contributed by atoms with E-state index in [0.717, 1.165) is 58.9 Å². The van der Waals surface area contributed by atoms with E-state index in [1.807, 2.05) is 41.7 Å². The molecule has 1 aliphatic carbocycles. The van der Waals surface area contributed by atoms with Crippen molar-refractivity contribution in [3.8, 4) is 0 Å². The largest absolute Gasteiger partial charge is 0.463 e. The second-order valence-electron chi connectivity index (χ2n) is 7.82. The van der Waals surface area contributed by atoms with Crippen molar-refractivity contribution in [3.05, 3.63) is 51.2 Å². The third-order valence-electron chi connectivity index (χ3n) is 5.71. The number of hydrogen-bond acceptors (Lipinski definition) is 5. The second kappa shape index (κ2) is 9.01. The maximum Gasteiger partial charge on any atom is 0.335 e. The molecule has 2 unspecified atom stereocenters. The molecular weight excluding hydrogens is 438 g/mol. The number of thioether (sulfide) groups is 2. The monoisotopic (exact) mass is 463 g/mol. The molecule has 0 aromatic heterocycles. The van der Waals surface area contributed by atoms with E-state index >= 15 is 0 Å². The summed E-state index contributed by atoms with van der Waals surface area (Å²) in [6.07, 6.45) is 3.61. The summed E-state index contributed by atoms with van der Waals surface area (Å²) in [5, 5.41) is 1.29. The van der Waals surface area contributed by atoms with Gasteiger partial charge in [-0.1, -0.05) is 18.5 Å². The zero-order valence-electron chi connectivity index (χ0n) is 17.5.